The van der Waals surface area contributed by atoms with Crippen LogP contribution in [0.15, 0.2) is 43.0 Å². The van der Waals surface area contributed by atoms with E-state index >= 15 is 0 Å². The number of benzene rings is 1. The van der Waals surface area contributed by atoms with Crippen LogP contribution in [-0.4, -0.2) is 303 Å². The summed E-state index contributed by atoms with van der Waals surface area (Å²) < 4.78 is 7.13. The molecule has 680 valence electrons. The van der Waals surface area contributed by atoms with Gasteiger partial charge in [-0.15, -0.1) is 0 Å². The maximum Gasteiger partial charge on any atom is 0.317 e. The summed E-state index contributed by atoms with van der Waals surface area (Å²) in [7, 11) is 0. The fourth-order valence-electron chi connectivity index (χ4n) is 19.7. The first-order valence-corrected chi connectivity index (χ1v) is 44.5. The number of aliphatic carboxylic acids is 3. The van der Waals surface area contributed by atoms with Gasteiger partial charge in [0, 0.05) is 118 Å². The van der Waals surface area contributed by atoms with Gasteiger partial charge in [0.25, 0.3) is 0 Å². The second-order valence-corrected chi connectivity index (χ2v) is 36.5. The zero-order valence-electron chi connectivity index (χ0n) is 71.9. The number of hydrogen-bond donors (Lipinski definition) is 17. The number of fused-ring (bicyclic) bond motifs is 5. The van der Waals surface area contributed by atoms with Gasteiger partial charge >= 0.3 is 17.9 Å². The molecule has 3 aromatic rings. The minimum atomic E-state index is -1.39. The Hall–Kier alpha value is -9.83. The number of hydrogen-bond acceptors (Lipinski definition) is 22. The van der Waals surface area contributed by atoms with E-state index < -0.39 is 138 Å². The van der Waals surface area contributed by atoms with E-state index in [0.717, 1.165) is 62.3 Å². The molecule has 123 heavy (non-hydrogen) atoms. The van der Waals surface area contributed by atoms with Crippen molar-refractivity contribution in [3.05, 3.63) is 54.2 Å². The molecule has 0 spiro atoms. The number of para-hydroxylation sites is 1. The fourth-order valence-corrected chi connectivity index (χ4v) is 20.1. The van der Waals surface area contributed by atoms with Crippen molar-refractivity contribution >= 4 is 111 Å². The first kappa shape index (κ1) is 97.0. The maximum absolute atomic E-state index is 14.7. The van der Waals surface area contributed by atoms with Gasteiger partial charge in [0.1, 0.15) is 42.3 Å². The van der Waals surface area contributed by atoms with E-state index in [0.29, 0.717) is 47.1 Å². The Bertz CT molecular complexity index is 4180. The monoisotopic (exact) mass is 1740 g/mol. The average Bonchev–Trinajstić information content (AvgIpc) is 1.51. The molecular weight excluding hydrogens is 1610 g/mol. The van der Waals surface area contributed by atoms with Crippen molar-refractivity contribution < 1.29 is 92.0 Å². The van der Waals surface area contributed by atoms with Crippen molar-refractivity contribution in [2.75, 3.05) is 104 Å². The Morgan fingerprint density at radius 2 is 1.15 bits per heavy atom. The van der Waals surface area contributed by atoms with Crippen molar-refractivity contribution in [1.82, 2.24) is 87.7 Å². The van der Waals surface area contributed by atoms with Crippen LogP contribution in [0.4, 0.5) is 0 Å². The topological polar surface area (TPSA) is 556 Å². The summed E-state index contributed by atoms with van der Waals surface area (Å²) in [5.74, 6) is -9.78. The number of aromatic amines is 2. The molecule has 1 aromatic carbocycles. The molecule has 4 aliphatic carbocycles. The summed E-state index contributed by atoms with van der Waals surface area (Å²) in [6.45, 7) is 13.1. The highest BCUT2D eigenvalue weighted by Crippen LogP contribution is 2.71. The standard InChI is InChI=1S/C84H129N19O19S/c1-47(2)33-62(80(119)96-60(76(86)115)22-32-123-8)97-81(120)64(36-53-39-87-46-91-53)95-70(107)41-90-82(121)75(48(3)4)99-77(116)49(5)92-79(118)63(34-50-38-88-59-12-10-9-11-54(50)59)98-78(117)61(17-19-67(85)104)94-68(105)20-18-65-57-16-15-56-55-14-13-51-35-52(21-23-83(51,6)58(55)37-66(122-65)84(56,57)7)93-69(106)40-89-71(108)42-100-24-26-101(43-72(109)110)28-30-103(45-74(113)114)31-29-102(27-25-100)44-73(111)112/h9-12,38-39,46-49,51-52,55-58,60-66,75,88H,13-37,40-45H2,1-8H3,(H2,85,104)(H2,86,115)(H,87,91)(H,89,108)(H,90,121)(H,92,118)(H,93,106)(H,94,105)(H,95,107)(H,96,119)(H,97,120)(H,98,117)(H,99,116)(H,109,110)(H,111,112)(H,113,114)/t49?,51?,52?,55?,56?,57?,58?,60-,61?,62?,63-,64-,65+,66-,75?,83?,84?/m0/s1. The zero-order chi connectivity index (χ0) is 89.6. The molecule has 19 N–H and O–H groups in total. The Labute approximate surface area is 721 Å². The summed E-state index contributed by atoms with van der Waals surface area (Å²) in [6.07, 6.45) is 13.3. The second kappa shape index (κ2) is 45.2. The van der Waals surface area contributed by atoms with Crippen molar-refractivity contribution in [3.63, 3.8) is 0 Å². The van der Waals surface area contributed by atoms with Crippen molar-refractivity contribution in [1.29, 1.82) is 0 Å². The van der Waals surface area contributed by atoms with Crippen LogP contribution in [0.3, 0.4) is 0 Å². The summed E-state index contributed by atoms with van der Waals surface area (Å²) in [4.78, 5) is 217. The van der Waals surface area contributed by atoms with E-state index in [-0.39, 0.29) is 177 Å². The summed E-state index contributed by atoms with van der Waals surface area (Å²) in [5.41, 5.74) is 12.9. The number of carboxylic acids is 3. The predicted octanol–water partition coefficient (Wildman–Crippen LogP) is -0.695. The number of nitrogens with zero attached hydrogens (tertiary/aromatic N) is 5. The van der Waals surface area contributed by atoms with Gasteiger partial charge in [-0.25, -0.2) is 4.98 Å². The third kappa shape index (κ3) is 27.3. The lowest BCUT2D eigenvalue weighted by Crippen LogP contribution is -2.59. The Balaban J connectivity index is 0.774. The minimum Gasteiger partial charge on any atom is -0.480 e. The number of ether oxygens (including phenoxy) is 1. The van der Waals surface area contributed by atoms with Gasteiger partial charge in [0.05, 0.1) is 57.8 Å². The molecule has 9 rings (SSSR count). The first-order valence-electron chi connectivity index (χ1n) is 43.1. The Morgan fingerprint density at radius 1 is 0.577 bits per heavy atom. The van der Waals surface area contributed by atoms with Crippen LogP contribution >= 0.6 is 11.8 Å². The molecule has 0 radical (unpaired) electrons. The molecule has 6 fully saturated rings. The number of rotatable bonds is 43. The van der Waals surface area contributed by atoms with E-state index in [1.807, 2.05) is 44.4 Å². The molecule has 38 nitrogen and oxygen atoms in total. The Morgan fingerprint density at radius 3 is 1.76 bits per heavy atom. The van der Waals surface area contributed by atoms with Crippen molar-refractivity contribution in [2.24, 2.45) is 63.7 Å². The summed E-state index contributed by atoms with van der Waals surface area (Å²) in [5, 5.41) is 57.1. The van der Waals surface area contributed by atoms with Gasteiger partial charge < -0.3 is 94.7 Å². The molecular formula is C84H129N19O19S. The molecule has 6 aliphatic rings. The normalized spacial score (nSPS) is 24.9. The number of aromatic nitrogens is 3. The quantitative estimate of drug-likeness (QED) is 0.0333. The molecule has 2 aromatic heterocycles. The number of amides is 12. The number of carbonyl (C=O) groups is 15. The van der Waals surface area contributed by atoms with E-state index in [4.69, 9.17) is 16.2 Å². The minimum absolute atomic E-state index is 0.0242. The van der Waals surface area contributed by atoms with Crippen LogP contribution in [0, 0.1) is 52.3 Å². The van der Waals surface area contributed by atoms with E-state index in [9.17, 15) is 87.2 Å². The molecule has 2 aliphatic heterocycles. The number of carbonyl (C=O) groups excluding carboxylic acids is 12. The van der Waals surface area contributed by atoms with Crippen LogP contribution in [0.25, 0.3) is 10.9 Å². The van der Waals surface area contributed by atoms with Crippen LogP contribution in [0.2, 0.25) is 0 Å². The molecule has 39 heteroatoms. The zero-order valence-corrected chi connectivity index (χ0v) is 72.8. The first-order chi connectivity index (χ1) is 58.4. The van der Waals surface area contributed by atoms with Gasteiger partial charge in [0.2, 0.25) is 70.9 Å². The fraction of sp³-hybridized carbons (Fsp3) is 0.690. The van der Waals surface area contributed by atoms with Crippen LogP contribution in [-0.2, 0) is 89.5 Å². The van der Waals surface area contributed by atoms with Crippen molar-refractivity contribution in [3.8, 4) is 0 Å². The lowest BCUT2D eigenvalue weighted by molar-refractivity contribution is -0.150. The van der Waals surface area contributed by atoms with Crippen LogP contribution in [0.1, 0.15) is 150 Å². The van der Waals surface area contributed by atoms with Gasteiger partial charge in [-0.1, -0.05) is 59.7 Å². The second-order valence-electron chi connectivity index (χ2n) is 35.5. The number of imidazole rings is 1. The molecule has 17 atom stereocenters. The lowest BCUT2D eigenvalue weighted by atomic mass is 9.44. The van der Waals surface area contributed by atoms with Gasteiger partial charge in [-0.05, 0) is 154 Å². The number of nitrogens with two attached hydrogens (primary N) is 2. The number of nitrogens with one attached hydrogen (secondary N) is 12. The van der Waals surface area contributed by atoms with E-state index in [2.05, 4.69) is 82.0 Å². The van der Waals surface area contributed by atoms with Crippen molar-refractivity contribution in [2.45, 2.75) is 212 Å². The molecule has 4 saturated carbocycles. The third-order valence-electron chi connectivity index (χ3n) is 26.2. The Kier molecular flexibility index (Phi) is 35.6. The molecule has 12 unspecified atom stereocenters. The number of carboxylic acid groups (broad SMARTS) is 3. The SMILES string of the molecule is CSCC[C@H](NC(=O)C(CC(C)C)NC(=O)[C@H](Cc1cnc[nH]1)NC(=O)CNC(=O)C(NC(=O)C(C)NC(=O)[C@H](Cc1c[nH]c2ccccc12)NC(=O)C(CCC(N)=O)NC(=O)CC[C@H]1O[C@H]2CC3C(CCC4CC(NC(=O)CNC(=O)CN5CCN(CC(=O)O)CCN(CC(=O)O)CCN(CC(=O)O)CC5)CCC43C)C3CCC1C32C)C(C)C)C(N)=O. The van der Waals surface area contributed by atoms with Gasteiger partial charge in [-0.2, -0.15) is 11.8 Å². The van der Waals surface area contributed by atoms with Crippen LogP contribution < -0.4 is 64.6 Å². The number of primary amides is 2. The number of thioether (sulfide) groups is 1. The smallest absolute Gasteiger partial charge is 0.317 e. The average molecular weight is 1740 g/mol. The molecule has 0 bridgehead atoms. The maximum atomic E-state index is 14.7. The highest BCUT2D eigenvalue weighted by Gasteiger charge is 2.68. The number of H-pyrrole nitrogens is 2. The summed E-state index contributed by atoms with van der Waals surface area (Å²) in [6, 6.07) is -1.60. The van der Waals surface area contributed by atoms with Crippen LogP contribution in [0.5, 0.6) is 0 Å². The van der Waals surface area contributed by atoms with E-state index in [1.54, 1.807) is 39.6 Å². The van der Waals surface area contributed by atoms with Gasteiger partial charge in [-0.3, -0.25) is 91.5 Å². The van der Waals surface area contributed by atoms with E-state index in [1.165, 1.54) is 31.2 Å². The highest BCUT2D eigenvalue weighted by molar-refractivity contribution is 7.98. The highest BCUT2D eigenvalue weighted by atomic mass is 32.2. The van der Waals surface area contributed by atoms with Gasteiger partial charge in [0.15, 0.2) is 0 Å². The molecule has 12 amide bonds. The molecule has 2 saturated heterocycles. The lowest BCUT2D eigenvalue weighted by Gasteiger charge is -2.61. The third-order valence-corrected chi connectivity index (χ3v) is 26.8. The molecule has 4 heterocycles. The predicted molar refractivity (Wildman–Crippen MR) is 454 cm³/mol. The largest absolute Gasteiger partial charge is 0.480 e. The summed E-state index contributed by atoms with van der Waals surface area (Å²) >= 11 is 1.46.